The minimum Gasteiger partial charge on any atom is -0.323 e. The van der Waals surface area contributed by atoms with E-state index in [0.29, 0.717) is 16.1 Å². The molecule has 0 radical (unpaired) electrons. The van der Waals surface area contributed by atoms with Gasteiger partial charge in [0.2, 0.25) is 5.91 Å². The van der Waals surface area contributed by atoms with Gasteiger partial charge in [-0.15, -0.1) is 0 Å². The van der Waals surface area contributed by atoms with Crippen molar-refractivity contribution in [1.29, 1.82) is 0 Å². The topological polar surface area (TPSA) is 56.0 Å². The van der Waals surface area contributed by atoms with Crippen LogP contribution < -0.4 is 10.9 Å². The molecule has 0 aliphatic heterocycles. The highest BCUT2D eigenvalue weighted by Crippen LogP contribution is 2.23. The molecule has 1 N–H and O–H groups in total. The van der Waals surface area contributed by atoms with Gasteiger partial charge in [0, 0.05) is 0 Å². The zero-order valence-corrected chi connectivity index (χ0v) is 17.0. The second-order valence-electron chi connectivity index (χ2n) is 7.90. The third kappa shape index (κ3) is 3.78. The van der Waals surface area contributed by atoms with Gasteiger partial charge in [-0.1, -0.05) is 29.3 Å². The van der Waals surface area contributed by atoms with Crippen molar-refractivity contribution in [2.75, 3.05) is 5.32 Å². The van der Waals surface area contributed by atoms with Gasteiger partial charge in [0.15, 0.2) is 0 Å². The van der Waals surface area contributed by atoms with E-state index < -0.39 is 5.54 Å². The molecule has 0 aliphatic carbocycles. The van der Waals surface area contributed by atoms with E-state index >= 15 is 0 Å². The fourth-order valence-corrected chi connectivity index (χ4v) is 3.53. The van der Waals surface area contributed by atoms with Crippen LogP contribution in [-0.2, 0) is 16.9 Å². The van der Waals surface area contributed by atoms with Crippen LogP contribution in [0.1, 0.15) is 31.9 Å². The van der Waals surface area contributed by atoms with Gasteiger partial charge in [-0.3, -0.25) is 14.3 Å². The number of fused-ring (bicyclic) bond motifs is 1. The molecule has 1 heterocycles. The summed E-state index contributed by atoms with van der Waals surface area (Å²) in [5.41, 5.74) is 2.77. The van der Waals surface area contributed by atoms with Crippen molar-refractivity contribution in [3.63, 3.8) is 0 Å². The van der Waals surface area contributed by atoms with Gasteiger partial charge in [0.05, 0.1) is 27.2 Å². The molecule has 0 saturated carbocycles. The number of nitrogens with one attached hydrogen (secondary N) is 1. The summed E-state index contributed by atoms with van der Waals surface area (Å²) in [5, 5.41) is 3.95. The molecule has 1 amide bonds. The largest absolute Gasteiger partial charge is 0.323 e. The van der Waals surface area contributed by atoms with E-state index in [2.05, 4.69) is 5.32 Å². The maximum atomic E-state index is 13.0. The van der Waals surface area contributed by atoms with E-state index in [-0.39, 0.29) is 18.0 Å². The first kappa shape index (κ1) is 19.2. The van der Waals surface area contributed by atoms with Crippen molar-refractivity contribution in [2.45, 2.75) is 46.7 Å². The van der Waals surface area contributed by atoms with E-state index in [0.717, 1.165) is 16.6 Å². The number of carbonyl (C=O) groups excluding carboxylic acids is 1. The molecule has 1 aromatic heterocycles. The fourth-order valence-electron chi connectivity index (χ4n) is 3.25. The van der Waals surface area contributed by atoms with E-state index in [1.807, 2.05) is 58.9 Å². The number of rotatable bonds is 3. The van der Waals surface area contributed by atoms with Gasteiger partial charge in [0.25, 0.3) is 5.56 Å². The summed E-state index contributed by atoms with van der Waals surface area (Å²) in [6, 6.07) is 11.2. The van der Waals surface area contributed by atoms with E-state index in [9.17, 15) is 9.59 Å². The van der Waals surface area contributed by atoms with Gasteiger partial charge >= 0.3 is 0 Å². The Bertz CT molecular complexity index is 1090. The second kappa shape index (κ2) is 6.89. The molecule has 5 nitrogen and oxygen atoms in total. The molecule has 0 saturated heterocycles. The Morgan fingerprint density at radius 2 is 1.70 bits per heavy atom. The third-order valence-electron chi connectivity index (χ3n) is 4.42. The van der Waals surface area contributed by atoms with Crippen LogP contribution in [0.3, 0.4) is 0 Å². The normalized spacial score (nSPS) is 11.8. The second-order valence-corrected chi connectivity index (χ2v) is 8.30. The Balaban J connectivity index is 2.03. The smallest absolute Gasteiger partial charge is 0.275 e. The van der Waals surface area contributed by atoms with Crippen molar-refractivity contribution in [3.8, 4) is 0 Å². The summed E-state index contributed by atoms with van der Waals surface area (Å²) in [6.07, 6.45) is 0. The van der Waals surface area contributed by atoms with Gasteiger partial charge < -0.3 is 5.32 Å². The zero-order chi connectivity index (χ0) is 19.9. The van der Waals surface area contributed by atoms with Gasteiger partial charge in [-0.25, -0.2) is 4.68 Å². The first-order valence-electron chi connectivity index (χ1n) is 8.86. The summed E-state index contributed by atoms with van der Waals surface area (Å²) in [5.74, 6) is -0.240. The number of nitrogens with zero attached hydrogens (tertiary/aromatic N) is 2. The molecule has 27 heavy (non-hydrogen) atoms. The Hall–Kier alpha value is -2.53. The maximum Gasteiger partial charge on any atom is 0.275 e. The highest BCUT2D eigenvalue weighted by molar-refractivity contribution is 6.33. The molecule has 0 spiro atoms. The average Bonchev–Trinajstić information content (AvgIpc) is 2.82. The Morgan fingerprint density at radius 1 is 1.07 bits per heavy atom. The highest BCUT2D eigenvalue weighted by Gasteiger charge is 2.24. The molecule has 3 aromatic rings. The molecule has 0 bridgehead atoms. The number of aryl methyl sites for hydroxylation is 2. The van der Waals surface area contributed by atoms with Gasteiger partial charge in [0.1, 0.15) is 6.54 Å². The number of benzene rings is 2. The number of halogens is 1. The maximum absolute atomic E-state index is 13.0. The highest BCUT2D eigenvalue weighted by atomic mass is 35.5. The third-order valence-corrected chi connectivity index (χ3v) is 4.73. The minimum atomic E-state index is -0.466. The molecule has 2 aromatic carbocycles. The number of hydrogen-bond donors (Lipinski definition) is 1. The van der Waals surface area contributed by atoms with Crippen molar-refractivity contribution < 1.29 is 4.79 Å². The number of aromatic nitrogens is 2. The van der Waals surface area contributed by atoms with Crippen LogP contribution in [0, 0.1) is 13.8 Å². The summed E-state index contributed by atoms with van der Waals surface area (Å²) < 4.78 is 3.39. The standard InChI is InChI=1S/C21H24ClN3O2/c1-13-7-9-18-15(10-13)20(27)25(21(3,4)5)24(18)12-19(26)23-17-8-6-14(2)11-16(17)22/h6-11H,12H2,1-5H3,(H,23,26). The molecule has 0 fully saturated rings. The van der Waals surface area contributed by atoms with Crippen LogP contribution in [0.15, 0.2) is 41.2 Å². The molecular weight excluding hydrogens is 362 g/mol. The fraction of sp³-hybridized carbons (Fsp3) is 0.333. The first-order chi connectivity index (χ1) is 12.6. The lowest BCUT2D eigenvalue weighted by Crippen LogP contribution is -2.38. The van der Waals surface area contributed by atoms with Crippen LogP contribution in [0.5, 0.6) is 0 Å². The van der Waals surface area contributed by atoms with Crippen molar-refractivity contribution in [2.24, 2.45) is 0 Å². The summed E-state index contributed by atoms with van der Waals surface area (Å²) in [6.45, 7) is 9.75. The lowest BCUT2D eigenvalue weighted by molar-refractivity contribution is -0.117. The van der Waals surface area contributed by atoms with Crippen LogP contribution in [0.25, 0.3) is 10.9 Å². The average molecular weight is 386 g/mol. The van der Waals surface area contributed by atoms with Crippen LogP contribution in [0.2, 0.25) is 5.02 Å². The lowest BCUT2D eigenvalue weighted by atomic mass is 10.1. The number of amides is 1. The molecule has 142 valence electrons. The summed E-state index contributed by atoms with van der Waals surface area (Å²) in [7, 11) is 0. The van der Waals surface area contributed by atoms with Crippen molar-refractivity contribution in [1.82, 2.24) is 9.36 Å². The van der Waals surface area contributed by atoms with E-state index in [1.165, 1.54) is 0 Å². The summed E-state index contributed by atoms with van der Waals surface area (Å²) in [4.78, 5) is 25.7. The Kier molecular flexibility index (Phi) is 4.91. The van der Waals surface area contributed by atoms with Gasteiger partial charge in [-0.2, -0.15) is 0 Å². The predicted octanol–water partition coefficient (Wildman–Crippen LogP) is 4.47. The SMILES string of the molecule is Cc1ccc(NC(=O)Cn2c3ccc(C)cc3c(=O)n2C(C)(C)C)c(Cl)c1. The quantitative estimate of drug-likeness (QED) is 0.723. The molecule has 3 rings (SSSR count). The lowest BCUT2D eigenvalue weighted by Gasteiger charge is -2.24. The molecule has 0 unspecified atom stereocenters. The van der Waals surface area contributed by atoms with Crippen LogP contribution >= 0.6 is 11.6 Å². The molecule has 0 atom stereocenters. The monoisotopic (exact) mass is 385 g/mol. The first-order valence-corrected chi connectivity index (χ1v) is 9.24. The summed E-state index contributed by atoms with van der Waals surface area (Å²) >= 11 is 6.22. The predicted molar refractivity (Wildman–Crippen MR) is 111 cm³/mol. The number of anilines is 1. The number of carbonyl (C=O) groups is 1. The minimum absolute atomic E-state index is 0.0171. The molecular formula is C21H24ClN3O2. The Morgan fingerprint density at radius 3 is 2.33 bits per heavy atom. The van der Waals surface area contributed by atoms with E-state index in [1.54, 1.807) is 21.5 Å². The zero-order valence-electron chi connectivity index (χ0n) is 16.3. The van der Waals surface area contributed by atoms with Crippen molar-refractivity contribution in [3.05, 3.63) is 62.9 Å². The Labute approximate surface area is 163 Å². The van der Waals surface area contributed by atoms with Crippen LogP contribution in [0.4, 0.5) is 5.69 Å². The van der Waals surface area contributed by atoms with Gasteiger partial charge in [-0.05, 0) is 64.4 Å². The number of hydrogen-bond acceptors (Lipinski definition) is 2. The van der Waals surface area contributed by atoms with Crippen molar-refractivity contribution >= 4 is 34.1 Å². The van der Waals surface area contributed by atoms with Crippen LogP contribution in [-0.4, -0.2) is 15.3 Å². The molecule has 0 aliphatic rings. The van der Waals surface area contributed by atoms with E-state index in [4.69, 9.17) is 11.6 Å². The molecule has 6 heteroatoms.